The van der Waals surface area contributed by atoms with Crippen molar-refractivity contribution in [3.05, 3.63) is 35.9 Å². The minimum atomic E-state index is -0.137. The summed E-state index contributed by atoms with van der Waals surface area (Å²) in [6, 6.07) is 10.6. The highest BCUT2D eigenvalue weighted by Gasteiger charge is 2.19. The van der Waals surface area contributed by atoms with Crippen molar-refractivity contribution in [2.75, 3.05) is 45.9 Å². The van der Waals surface area contributed by atoms with Crippen LogP contribution in [0, 0.1) is 0 Å². The molecule has 0 radical (unpaired) electrons. The summed E-state index contributed by atoms with van der Waals surface area (Å²) < 4.78 is 4.95. The summed E-state index contributed by atoms with van der Waals surface area (Å²) in [7, 11) is 0. The molecule has 6 nitrogen and oxygen atoms in total. The Balaban J connectivity index is 0.00000364. The van der Waals surface area contributed by atoms with Crippen molar-refractivity contribution >= 4 is 35.9 Å². The normalized spacial score (nSPS) is 15.2. The van der Waals surface area contributed by atoms with E-state index in [9.17, 15) is 4.79 Å². The van der Waals surface area contributed by atoms with Crippen molar-refractivity contribution < 1.29 is 9.53 Å². The van der Waals surface area contributed by atoms with Crippen molar-refractivity contribution in [1.82, 2.24) is 15.1 Å². The van der Waals surface area contributed by atoms with Gasteiger partial charge in [0.15, 0.2) is 5.96 Å². The van der Waals surface area contributed by atoms with E-state index in [4.69, 9.17) is 4.74 Å². The summed E-state index contributed by atoms with van der Waals surface area (Å²) in [5.74, 6) is 0.818. The third-order valence-electron chi connectivity index (χ3n) is 4.36. The van der Waals surface area contributed by atoms with Crippen LogP contribution in [0.25, 0.3) is 0 Å². The SMILES string of the molecule is CCNC(=NCCCC(=O)OCC)N1CCN(Cc2ccccc2)CC1.I. The first kappa shape index (κ1) is 23.7. The van der Waals surface area contributed by atoms with Crippen molar-refractivity contribution in [3.63, 3.8) is 0 Å². The number of hydrogen-bond donors (Lipinski definition) is 1. The molecule has 0 bridgehead atoms. The third-order valence-corrected chi connectivity index (χ3v) is 4.36. The highest BCUT2D eigenvalue weighted by molar-refractivity contribution is 14.0. The van der Waals surface area contributed by atoms with Crippen LogP contribution in [0.5, 0.6) is 0 Å². The zero-order chi connectivity index (χ0) is 18.6. The molecule has 0 amide bonds. The van der Waals surface area contributed by atoms with Crippen molar-refractivity contribution in [2.24, 2.45) is 4.99 Å². The Morgan fingerprint density at radius 1 is 1.15 bits per heavy atom. The largest absolute Gasteiger partial charge is 0.466 e. The second-order valence-electron chi connectivity index (χ2n) is 6.39. The van der Waals surface area contributed by atoms with Gasteiger partial charge in [0.1, 0.15) is 0 Å². The summed E-state index contributed by atoms with van der Waals surface area (Å²) in [6.07, 6.45) is 1.16. The van der Waals surface area contributed by atoms with E-state index in [-0.39, 0.29) is 29.9 Å². The van der Waals surface area contributed by atoms with Crippen molar-refractivity contribution in [3.8, 4) is 0 Å². The lowest BCUT2D eigenvalue weighted by atomic mass is 10.2. The van der Waals surface area contributed by atoms with Gasteiger partial charge in [-0.25, -0.2) is 0 Å². The van der Waals surface area contributed by atoms with Crippen LogP contribution in [0.4, 0.5) is 0 Å². The van der Waals surface area contributed by atoms with Crippen LogP contribution < -0.4 is 5.32 Å². The number of nitrogens with zero attached hydrogens (tertiary/aromatic N) is 3. The van der Waals surface area contributed by atoms with Gasteiger partial charge in [0, 0.05) is 52.2 Å². The first-order valence-electron chi connectivity index (χ1n) is 9.68. The standard InChI is InChI=1S/C20H32N4O2.HI/c1-3-21-20(22-12-8-11-19(25)26-4-2)24-15-13-23(14-16-24)17-18-9-6-5-7-10-18;/h5-7,9-10H,3-4,8,11-17H2,1-2H3,(H,21,22);1H. The van der Waals surface area contributed by atoms with Gasteiger partial charge in [0.2, 0.25) is 0 Å². The molecule has 1 saturated heterocycles. The lowest BCUT2D eigenvalue weighted by Gasteiger charge is -2.36. The lowest BCUT2D eigenvalue weighted by molar-refractivity contribution is -0.143. The number of carbonyl (C=O) groups excluding carboxylic acids is 1. The number of piperazine rings is 1. The van der Waals surface area contributed by atoms with Crippen LogP contribution in [-0.4, -0.2) is 67.6 Å². The molecule has 0 aromatic heterocycles. The van der Waals surface area contributed by atoms with E-state index in [0.29, 0.717) is 19.6 Å². The quantitative estimate of drug-likeness (QED) is 0.201. The average Bonchev–Trinajstić information content (AvgIpc) is 2.66. The maximum atomic E-state index is 11.4. The molecule has 1 aliphatic heterocycles. The minimum absolute atomic E-state index is 0. The van der Waals surface area contributed by atoms with Gasteiger partial charge in [0.25, 0.3) is 0 Å². The van der Waals surface area contributed by atoms with E-state index in [1.54, 1.807) is 0 Å². The molecule has 0 spiro atoms. The molecular weight excluding hydrogens is 455 g/mol. The van der Waals surface area contributed by atoms with Crippen LogP contribution in [0.15, 0.2) is 35.3 Å². The first-order chi connectivity index (χ1) is 12.7. The number of benzene rings is 1. The lowest BCUT2D eigenvalue weighted by Crippen LogP contribution is -2.52. The fourth-order valence-electron chi connectivity index (χ4n) is 3.03. The predicted molar refractivity (Wildman–Crippen MR) is 121 cm³/mol. The second-order valence-corrected chi connectivity index (χ2v) is 6.39. The third kappa shape index (κ3) is 8.92. The molecule has 2 rings (SSSR count). The molecule has 0 saturated carbocycles. The number of nitrogens with one attached hydrogen (secondary N) is 1. The number of carbonyl (C=O) groups is 1. The van der Waals surface area contributed by atoms with Gasteiger partial charge in [-0.3, -0.25) is 14.7 Å². The highest BCUT2D eigenvalue weighted by Crippen LogP contribution is 2.08. The average molecular weight is 488 g/mol. The molecule has 152 valence electrons. The van der Waals surface area contributed by atoms with Crippen LogP contribution in [-0.2, 0) is 16.1 Å². The zero-order valence-electron chi connectivity index (χ0n) is 16.5. The topological polar surface area (TPSA) is 57.2 Å². The van der Waals surface area contributed by atoms with E-state index in [2.05, 4.69) is 57.4 Å². The van der Waals surface area contributed by atoms with Crippen LogP contribution in [0.3, 0.4) is 0 Å². The summed E-state index contributed by atoms with van der Waals surface area (Å²) in [6.45, 7) is 10.8. The molecule has 0 unspecified atom stereocenters. The zero-order valence-corrected chi connectivity index (χ0v) is 18.9. The molecule has 1 aliphatic rings. The molecular formula is C20H33IN4O2. The monoisotopic (exact) mass is 488 g/mol. The number of hydrogen-bond acceptors (Lipinski definition) is 4. The number of aliphatic imine (C=N–C) groups is 1. The van der Waals surface area contributed by atoms with Gasteiger partial charge < -0.3 is 15.0 Å². The molecule has 1 aromatic carbocycles. The fraction of sp³-hybridized carbons (Fsp3) is 0.600. The first-order valence-corrected chi connectivity index (χ1v) is 9.68. The maximum Gasteiger partial charge on any atom is 0.305 e. The minimum Gasteiger partial charge on any atom is -0.466 e. The van der Waals surface area contributed by atoms with Gasteiger partial charge in [-0.05, 0) is 25.8 Å². The van der Waals surface area contributed by atoms with Gasteiger partial charge in [0.05, 0.1) is 6.61 Å². The van der Waals surface area contributed by atoms with E-state index in [0.717, 1.165) is 51.6 Å². The molecule has 1 N–H and O–H groups in total. The van der Waals surface area contributed by atoms with Crippen LogP contribution in [0.1, 0.15) is 32.3 Å². The Labute approximate surface area is 180 Å². The number of ether oxygens (including phenoxy) is 1. The van der Waals surface area contributed by atoms with Crippen LogP contribution >= 0.6 is 24.0 Å². The predicted octanol–water partition coefficient (Wildman–Crippen LogP) is 2.73. The Kier molecular flexibility index (Phi) is 12.1. The Hall–Kier alpha value is -1.35. The van der Waals surface area contributed by atoms with E-state index >= 15 is 0 Å². The van der Waals surface area contributed by atoms with Gasteiger partial charge in [-0.2, -0.15) is 0 Å². The number of rotatable bonds is 8. The molecule has 0 atom stereocenters. The highest BCUT2D eigenvalue weighted by atomic mass is 127. The summed E-state index contributed by atoms with van der Waals surface area (Å²) >= 11 is 0. The Bertz CT molecular complexity index is 560. The van der Waals surface area contributed by atoms with E-state index < -0.39 is 0 Å². The van der Waals surface area contributed by atoms with Gasteiger partial charge in [-0.15, -0.1) is 24.0 Å². The molecule has 0 aliphatic carbocycles. The van der Waals surface area contributed by atoms with Crippen molar-refractivity contribution in [2.45, 2.75) is 33.2 Å². The van der Waals surface area contributed by atoms with Gasteiger partial charge >= 0.3 is 5.97 Å². The molecule has 7 heteroatoms. The second kappa shape index (κ2) is 13.8. The van der Waals surface area contributed by atoms with Crippen molar-refractivity contribution in [1.29, 1.82) is 0 Å². The summed E-state index contributed by atoms with van der Waals surface area (Å²) in [5, 5.41) is 3.37. The fourth-order valence-corrected chi connectivity index (χ4v) is 3.03. The number of guanidine groups is 1. The van der Waals surface area contributed by atoms with Crippen LogP contribution in [0.2, 0.25) is 0 Å². The number of esters is 1. The van der Waals surface area contributed by atoms with E-state index in [1.807, 2.05) is 6.92 Å². The summed E-state index contributed by atoms with van der Waals surface area (Å²) in [5.41, 5.74) is 1.36. The van der Waals surface area contributed by atoms with E-state index in [1.165, 1.54) is 5.56 Å². The Morgan fingerprint density at radius 2 is 1.85 bits per heavy atom. The summed E-state index contributed by atoms with van der Waals surface area (Å²) in [4.78, 5) is 20.9. The molecule has 1 heterocycles. The molecule has 1 fully saturated rings. The smallest absolute Gasteiger partial charge is 0.305 e. The number of halogens is 1. The molecule has 27 heavy (non-hydrogen) atoms. The Morgan fingerprint density at radius 3 is 2.48 bits per heavy atom. The van der Waals surface area contributed by atoms with Gasteiger partial charge in [-0.1, -0.05) is 30.3 Å². The molecule has 1 aromatic rings. The maximum absolute atomic E-state index is 11.4.